The molecule has 0 saturated carbocycles. The van der Waals surface area contributed by atoms with E-state index in [-0.39, 0.29) is 0 Å². The van der Waals surface area contributed by atoms with Crippen molar-refractivity contribution in [2.45, 2.75) is 0 Å². The van der Waals surface area contributed by atoms with E-state index in [1.54, 1.807) is 0 Å². The molecule has 0 unspecified atom stereocenters. The number of benzene rings is 13. The summed E-state index contributed by atoms with van der Waals surface area (Å²) >= 11 is 0. The fourth-order valence-electron chi connectivity index (χ4n) is 11.6. The fourth-order valence-corrected chi connectivity index (χ4v) is 11.6. The summed E-state index contributed by atoms with van der Waals surface area (Å²) in [5.41, 5.74) is 72.1. The van der Waals surface area contributed by atoms with Crippen LogP contribution in [0.4, 0.5) is 148 Å². The van der Waals surface area contributed by atoms with Crippen molar-refractivity contribution < 1.29 is 0 Å². The van der Waals surface area contributed by atoms with Crippen molar-refractivity contribution >= 4 is 148 Å². The molecule has 13 aromatic rings. The van der Waals surface area contributed by atoms with Gasteiger partial charge in [-0.25, -0.2) is 0 Å². The van der Waals surface area contributed by atoms with Gasteiger partial charge in [-0.05, 0) is 267 Å². The predicted molar refractivity (Wildman–Crippen MR) is 390 cm³/mol. The zero-order chi connectivity index (χ0) is 63.2. The topological polar surface area (TPSA) is 228 Å². The normalized spacial score (nSPS) is 11.0. The maximum Gasteiger partial charge on any atom is 0.0703 e. The van der Waals surface area contributed by atoms with Crippen LogP contribution in [-0.2, 0) is 0 Å². The van der Waals surface area contributed by atoms with Crippen molar-refractivity contribution in [3.8, 4) is 0 Å². The Hall–Kier alpha value is -12.9. The van der Waals surface area contributed by atoms with Crippen molar-refractivity contribution in [3.63, 3.8) is 0 Å². The largest absolute Gasteiger partial charge is 0.399 e. The molecule has 0 aliphatic heterocycles. The van der Waals surface area contributed by atoms with Gasteiger partial charge in [0.2, 0.25) is 0 Å². The van der Waals surface area contributed by atoms with Gasteiger partial charge in [0.1, 0.15) is 0 Å². The van der Waals surface area contributed by atoms with Gasteiger partial charge < -0.3 is 75.3 Å². The van der Waals surface area contributed by atoms with Crippen LogP contribution in [0.5, 0.6) is 0 Å². The molecule has 13 rings (SSSR count). The summed E-state index contributed by atoms with van der Waals surface area (Å²) in [6.07, 6.45) is 0. The highest BCUT2D eigenvalue weighted by atomic mass is 15.3. The van der Waals surface area contributed by atoms with Crippen LogP contribution >= 0.6 is 0 Å². The van der Waals surface area contributed by atoms with E-state index >= 15 is 0 Å². The van der Waals surface area contributed by atoms with E-state index in [0.717, 1.165) is 102 Å². The number of nitrogens with two attached hydrogens (primary N) is 8. The molecule has 14 nitrogen and oxygen atoms in total. The number of hydrogen-bond donors (Lipinski definition) is 8. The van der Waals surface area contributed by atoms with Crippen molar-refractivity contribution in [2.75, 3.05) is 75.3 Å². The summed E-state index contributed by atoms with van der Waals surface area (Å²) in [6.45, 7) is 0. The summed E-state index contributed by atoms with van der Waals surface area (Å²) in [5, 5.41) is 0. The molecule has 0 fully saturated rings. The van der Waals surface area contributed by atoms with Crippen molar-refractivity contribution in [1.82, 2.24) is 0 Å². The molecule has 14 heteroatoms. The minimum atomic E-state index is 0.645. The van der Waals surface area contributed by atoms with Crippen molar-refractivity contribution in [3.05, 3.63) is 315 Å². The Balaban J connectivity index is 1.07. The lowest BCUT2D eigenvalue weighted by molar-refractivity contribution is 1.19. The van der Waals surface area contributed by atoms with E-state index in [9.17, 15) is 0 Å². The summed E-state index contributed by atoms with van der Waals surface area (Å²) in [7, 11) is 0. The lowest BCUT2D eigenvalue weighted by atomic mass is 10.1. The molecule has 0 aliphatic carbocycles. The number of anilines is 26. The number of rotatable bonds is 18. The first kappa shape index (κ1) is 58.1. The first-order valence-electron chi connectivity index (χ1n) is 30.0. The van der Waals surface area contributed by atoms with Crippen LogP contribution < -0.4 is 75.3 Å². The van der Waals surface area contributed by atoms with Gasteiger partial charge in [0, 0.05) is 102 Å². The SMILES string of the molecule is Nc1ccc(N(c2ccc(N)cc2)c2ccccc2N(c2ccc(N(c3ccccc3N(c3ccc(N)cc3)c3ccc(N)cc3)c3ccccc3N(c3ccc(N)cc3)c3ccc(N)cc3)cc2)c2ccccc2N(c2ccc(N)cc2)c2ccc(N)cc2)cc1. The van der Waals surface area contributed by atoms with Crippen molar-refractivity contribution in [2.24, 2.45) is 0 Å². The molecule has 0 radical (unpaired) electrons. The zero-order valence-corrected chi connectivity index (χ0v) is 50.3. The third-order valence-electron chi connectivity index (χ3n) is 16.0. The van der Waals surface area contributed by atoms with Crippen LogP contribution in [0, 0.1) is 0 Å². The van der Waals surface area contributed by atoms with Gasteiger partial charge >= 0.3 is 0 Å². The monoisotopic (exact) mass is 1200 g/mol. The first-order chi connectivity index (χ1) is 44.9. The van der Waals surface area contributed by atoms with E-state index in [4.69, 9.17) is 45.9 Å². The van der Waals surface area contributed by atoms with E-state index in [1.807, 2.05) is 194 Å². The lowest BCUT2D eigenvalue weighted by Crippen LogP contribution is -2.21. The summed E-state index contributed by atoms with van der Waals surface area (Å²) < 4.78 is 0. The van der Waals surface area contributed by atoms with Gasteiger partial charge in [-0.2, -0.15) is 0 Å². The molecule has 16 N–H and O–H groups in total. The molecule has 0 bridgehead atoms. The van der Waals surface area contributed by atoms with Crippen LogP contribution in [0.25, 0.3) is 0 Å². The average molecular weight is 1200 g/mol. The number of nitrogen functional groups attached to an aromatic ring is 8. The number of para-hydroxylation sites is 8. The molecule has 0 aliphatic rings. The molecule has 0 heterocycles. The highest BCUT2D eigenvalue weighted by Crippen LogP contribution is 2.54. The zero-order valence-electron chi connectivity index (χ0n) is 50.3. The molecule has 0 atom stereocenters. The highest BCUT2D eigenvalue weighted by Gasteiger charge is 2.30. The molecule has 0 amide bonds. The van der Waals surface area contributed by atoms with Gasteiger partial charge in [-0.1, -0.05) is 48.5 Å². The summed E-state index contributed by atoms with van der Waals surface area (Å²) in [4.78, 5) is 13.6. The molecular formula is C78H68N14. The second-order valence-electron chi connectivity index (χ2n) is 22.2. The first-order valence-corrected chi connectivity index (χ1v) is 30.0. The minimum absolute atomic E-state index is 0.645. The Bertz CT molecular complexity index is 3880. The number of hydrogen-bond acceptors (Lipinski definition) is 14. The molecular weight excluding hydrogens is 1130 g/mol. The van der Waals surface area contributed by atoms with Crippen LogP contribution in [0.3, 0.4) is 0 Å². The van der Waals surface area contributed by atoms with Crippen LogP contribution in [0.15, 0.2) is 315 Å². The number of nitrogens with zero attached hydrogens (tertiary/aromatic N) is 6. The second-order valence-corrected chi connectivity index (χ2v) is 22.2. The molecule has 0 saturated heterocycles. The van der Waals surface area contributed by atoms with Gasteiger partial charge in [-0.15, -0.1) is 0 Å². The van der Waals surface area contributed by atoms with Crippen LogP contribution in [0.1, 0.15) is 0 Å². The minimum Gasteiger partial charge on any atom is -0.399 e. The Morgan fingerprint density at radius 3 is 0.348 bits per heavy atom. The highest BCUT2D eigenvalue weighted by molar-refractivity contribution is 6.00. The van der Waals surface area contributed by atoms with Gasteiger partial charge in [0.25, 0.3) is 0 Å². The quantitative estimate of drug-likeness (QED) is 0.0374. The van der Waals surface area contributed by atoms with E-state index in [1.165, 1.54) is 0 Å². The molecule has 92 heavy (non-hydrogen) atoms. The average Bonchev–Trinajstić information content (AvgIpc) is 0.773. The lowest BCUT2D eigenvalue weighted by Gasteiger charge is -2.37. The Morgan fingerprint density at radius 2 is 0.217 bits per heavy atom. The van der Waals surface area contributed by atoms with Gasteiger partial charge in [-0.3, -0.25) is 0 Å². The molecule has 13 aromatic carbocycles. The smallest absolute Gasteiger partial charge is 0.0703 e. The van der Waals surface area contributed by atoms with Crippen molar-refractivity contribution in [1.29, 1.82) is 0 Å². The Kier molecular flexibility index (Phi) is 16.0. The van der Waals surface area contributed by atoms with Crippen LogP contribution in [0.2, 0.25) is 0 Å². The van der Waals surface area contributed by atoms with E-state index in [0.29, 0.717) is 45.5 Å². The Morgan fingerprint density at radius 1 is 0.120 bits per heavy atom. The third-order valence-corrected chi connectivity index (χ3v) is 16.0. The molecule has 450 valence electrons. The summed E-state index contributed by atoms with van der Waals surface area (Å²) in [5.74, 6) is 0. The molecule has 0 spiro atoms. The predicted octanol–water partition coefficient (Wildman–Crippen LogP) is 19.2. The second kappa shape index (κ2) is 25.4. The maximum atomic E-state index is 6.40. The molecule has 0 aromatic heterocycles. The summed E-state index contributed by atoms with van der Waals surface area (Å²) in [6, 6.07) is 106. The van der Waals surface area contributed by atoms with E-state index in [2.05, 4.69) is 151 Å². The van der Waals surface area contributed by atoms with Gasteiger partial charge in [0.05, 0.1) is 45.5 Å². The van der Waals surface area contributed by atoms with Gasteiger partial charge in [0.15, 0.2) is 0 Å². The Labute approximate surface area is 535 Å². The standard InChI is InChI=1S/C78H68N14/c79-53-17-33-61(34-18-53)87(62-35-19-54(80)20-36-62)71-9-1-5-13-75(71)91(76-14-6-2-10-72(76)88(63-37-21-55(81)22-38-63)64-39-23-56(82)24-40-64)69-49-51-70(52-50-69)92(77-15-7-3-11-73(77)89(65-41-25-57(83)26-42-65)66-43-27-58(84)28-44-66)78-16-8-4-12-74(78)90(67-45-29-59(85)30-46-67)68-47-31-60(86)32-48-68/h1-52H,79-86H2. The maximum absolute atomic E-state index is 6.40. The van der Waals surface area contributed by atoms with Crippen LogP contribution in [-0.4, -0.2) is 0 Å². The van der Waals surface area contributed by atoms with E-state index < -0.39 is 0 Å². The third kappa shape index (κ3) is 12.0. The fraction of sp³-hybridized carbons (Fsp3) is 0.